The fraction of sp³-hybridized carbons (Fsp3) is 0.500. The summed E-state index contributed by atoms with van der Waals surface area (Å²) in [6, 6.07) is 6.27. The highest BCUT2D eigenvalue weighted by molar-refractivity contribution is 5.78. The van der Waals surface area contributed by atoms with E-state index in [2.05, 4.69) is 15.6 Å². The van der Waals surface area contributed by atoms with Crippen LogP contribution in [0.1, 0.15) is 12.8 Å². The predicted molar refractivity (Wildman–Crippen MR) is 87.5 cm³/mol. The Morgan fingerprint density at radius 2 is 2.08 bits per heavy atom. The molecule has 0 bridgehead atoms. The Morgan fingerprint density at radius 3 is 2.85 bits per heavy atom. The number of amides is 1. The Hall–Kier alpha value is -2.49. The highest BCUT2D eigenvalue weighted by Gasteiger charge is 2.33. The number of piperidine rings is 1. The summed E-state index contributed by atoms with van der Waals surface area (Å²) in [5, 5.41) is 10.7. The lowest BCUT2D eigenvalue weighted by molar-refractivity contribution is -0.148. The number of hydrogen-bond donors (Lipinski definition) is 1. The fourth-order valence-corrected chi connectivity index (χ4v) is 3.11. The molecule has 0 saturated carbocycles. The van der Waals surface area contributed by atoms with Crippen molar-refractivity contribution < 1.29 is 18.0 Å². The molecule has 1 unspecified atom stereocenters. The van der Waals surface area contributed by atoms with Gasteiger partial charge in [-0.05, 0) is 31.5 Å². The van der Waals surface area contributed by atoms with Gasteiger partial charge in [-0.1, -0.05) is 17.3 Å². The first kappa shape index (κ1) is 18.3. The average Bonchev–Trinajstić information content (AvgIpc) is 2.56. The van der Waals surface area contributed by atoms with E-state index in [4.69, 9.17) is 0 Å². The van der Waals surface area contributed by atoms with Crippen molar-refractivity contribution >= 4 is 16.8 Å². The normalized spacial score (nSPS) is 18.8. The maximum absolute atomic E-state index is 12.5. The number of likely N-dealkylation sites (tertiary alicyclic amines) is 1. The predicted octanol–water partition coefficient (Wildman–Crippen LogP) is 0.934. The summed E-state index contributed by atoms with van der Waals surface area (Å²) in [5.41, 5.74) is -0.00248. The van der Waals surface area contributed by atoms with E-state index in [0.717, 1.165) is 4.68 Å². The van der Waals surface area contributed by atoms with Gasteiger partial charge in [-0.3, -0.25) is 14.5 Å². The van der Waals surface area contributed by atoms with E-state index in [0.29, 0.717) is 30.3 Å². The zero-order chi connectivity index (χ0) is 18.7. The second-order valence-electron chi connectivity index (χ2n) is 6.33. The fourth-order valence-electron chi connectivity index (χ4n) is 3.11. The summed E-state index contributed by atoms with van der Waals surface area (Å²) < 4.78 is 38.5. The van der Waals surface area contributed by atoms with Crippen LogP contribution in [0.2, 0.25) is 0 Å². The Bertz CT molecular complexity index is 852. The van der Waals surface area contributed by atoms with Crippen LogP contribution in [0, 0.1) is 0 Å². The van der Waals surface area contributed by atoms with Gasteiger partial charge >= 0.3 is 6.18 Å². The third-order valence-corrected chi connectivity index (χ3v) is 4.20. The first-order valence-electron chi connectivity index (χ1n) is 8.23. The van der Waals surface area contributed by atoms with Crippen LogP contribution in [0.3, 0.4) is 0 Å². The number of fused-ring (bicyclic) bond motifs is 1. The van der Waals surface area contributed by atoms with E-state index < -0.39 is 24.2 Å². The van der Waals surface area contributed by atoms with E-state index >= 15 is 0 Å². The van der Waals surface area contributed by atoms with Gasteiger partial charge in [0.2, 0.25) is 5.91 Å². The number of alkyl halides is 3. The Labute approximate surface area is 146 Å². The van der Waals surface area contributed by atoms with E-state index in [1.165, 1.54) is 4.90 Å². The van der Waals surface area contributed by atoms with Crippen LogP contribution >= 0.6 is 0 Å². The Morgan fingerprint density at radius 1 is 1.31 bits per heavy atom. The molecule has 10 heteroatoms. The minimum Gasteiger partial charge on any atom is -0.350 e. The lowest BCUT2D eigenvalue weighted by Crippen LogP contribution is -2.50. The number of rotatable bonds is 4. The van der Waals surface area contributed by atoms with Crippen molar-refractivity contribution in [3.8, 4) is 0 Å². The molecule has 1 amide bonds. The maximum Gasteiger partial charge on any atom is 0.401 e. The lowest BCUT2D eigenvalue weighted by Gasteiger charge is -2.33. The molecule has 0 radical (unpaired) electrons. The molecule has 1 aliphatic heterocycles. The lowest BCUT2D eigenvalue weighted by atomic mass is 10.1. The molecule has 2 heterocycles. The van der Waals surface area contributed by atoms with Gasteiger partial charge in [0.15, 0.2) is 0 Å². The molecule has 1 aromatic heterocycles. The van der Waals surface area contributed by atoms with Crippen molar-refractivity contribution in [3.63, 3.8) is 0 Å². The van der Waals surface area contributed by atoms with Gasteiger partial charge in [0.05, 0.1) is 11.9 Å². The molecule has 26 heavy (non-hydrogen) atoms. The molecule has 7 nitrogen and oxygen atoms in total. The number of nitrogens with zero attached hydrogens (tertiary/aromatic N) is 4. The summed E-state index contributed by atoms with van der Waals surface area (Å²) in [7, 11) is 0. The monoisotopic (exact) mass is 369 g/mol. The molecule has 3 rings (SSSR count). The summed E-state index contributed by atoms with van der Waals surface area (Å²) in [6.07, 6.45) is -3.10. The number of nitrogens with one attached hydrogen (secondary N) is 1. The molecule has 1 N–H and O–H groups in total. The Balaban J connectivity index is 1.62. The molecular formula is C16H18F3N5O2. The van der Waals surface area contributed by atoms with Crippen LogP contribution in [-0.2, 0) is 11.3 Å². The molecule has 1 aliphatic rings. The number of benzene rings is 1. The zero-order valence-electron chi connectivity index (χ0n) is 13.9. The molecule has 0 aliphatic carbocycles. The van der Waals surface area contributed by atoms with Crippen molar-refractivity contribution in [1.82, 2.24) is 25.2 Å². The van der Waals surface area contributed by atoms with Crippen molar-refractivity contribution in [1.29, 1.82) is 0 Å². The Kier molecular flexibility index (Phi) is 5.21. The second kappa shape index (κ2) is 7.40. The minimum absolute atomic E-state index is 0.129. The first-order valence-corrected chi connectivity index (χ1v) is 8.23. The highest BCUT2D eigenvalue weighted by Crippen LogP contribution is 2.19. The first-order chi connectivity index (χ1) is 12.3. The van der Waals surface area contributed by atoms with Crippen LogP contribution in [0.5, 0.6) is 0 Å². The van der Waals surface area contributed by atoms with Crippen molar-refractivity contribution in [2.24, 2.45) is 0 Å². The van der Waals surface area contributed by atoms with Gasteiger partial charge in [0, 0.05) is 12.6 Å². The van der Waals surface area contributed by atoms with E-state index in [1.54, 1.807) is 24.3 Å². The van der Waals surface area contributed by atoms with E-state index in [9.17, 15) is 22.8 Å². The summed E-state index contributed by atoms with van der Waals surface area (Å²) in [5.74, 6) is -0.476. The largest absolute Gasteiger partial charge is 0.401 e. The number of hydrogen-bond acceptors (Lipinski definition) is 5. The standard InChI is InChI=1S/C16H18F3N5O2/c17-16(18,19)10-23-7-3-4-11(8-23)20-14(25)9-24-15(26)12-5-1-2-6-13(12)21-22-24/h1-2,5-6,11H,3-4,7-10H2,(H,20,25). The molecule has 1 aromatic carbocycles. The SMILES string of the molecule is O=C(Cn1nnc2ccccc2c1=O)NC1CCCN(CC(F)(F)F)C1. The second-order valence-corrected chi connectivity index (χ2v) is 6.33. The van der Waals surface area contributed by atoms with Crippen molar-refractivity contribution in [2.45, 2.75) is 31.6 Å². The zero-order valence-corrected chi connectivity index (χ0v) is 13.9. The van der Waals surface area contributed by atoms with Crippen LogP contribution in [0.4, 0.5) is 13.2 Å². The summed E-state index contributed by atoms with van der Waals surface area (Å²) in [6.45, 7) is -0.841. The van der Waals surface area contributed by atoms with Gasteiger partial charge in [-0.15, -0.1) is 5.10 Å². The highest BCUT2D eigenvalue weighted by atomic mass is 19.4. The summed E-state index contributed by atoms with van der Waals surface area (Å²) >= 11 is 0. The van der Waals surface area contributed by atoms with Crippen LogP contribution in [0.15, 0.2) is 29.1 Å². The molecule has 2 aromatic rings. The van der Waals surface area contributed by atoms with Crippen LogP contribution in [-0.4, -0.2) is 57.7 Å². The average molecular weight is 369 g/mol. The van der Waals surface area contributed by atoms with Gasteiger partial charge in [-0.25, -0.2) is 4.68 Å². The van der Waals surface area contributed by atoms with Gasteiger partial charge in [-0.2, -0.15) is 13.2 Å². The van der Waals surface area contributed by atoms with Gasteiger partial charge in [0.25, 0.3) is 5.56 Å². The van der Waals surface area contributed by atoms with Crippen LogP contribution in [0.25, 0.3) is 10.9 Å². The minimum atomic E-state index is -4.26. The molecular weight excluding hydrogens is 351 g/mol. The number of aromatic nitrogens is 3. The third-order valence-electron chi connectivity index (χ3n) is 4.20. The third kappa shape index (κ3) is 4.57. The van der Waals surface area contributed by atoms with E-state index in [1.807, 2.05) is 0 Å². The smallest absolute Gasteiger partial charge is 0.350 e. The molecule has 1 atom stereocenters. The topological polar surface area (TPSA) is 80.1 Å². The number of carbonyl (C=O) groups is 1. The number of halogens is 3. The van der Waals surface area contributed by atoms with Gasteiger partial charge in [0.1, 0.15) is 12.1 Å². The maximum atomic E-state index is 12.5. The molecule has 0 spiro atoms. The van der Waals surface area contributed by atoms with E-state index in [-0.39, 0.29) is 19.1 Å². The molecule has 1 saturated heterocycles. The molecule has 140 valence electrons. The molecule has 1 fully saturated rings. The van der Waals surface area contributed by atoms with Crippen molar-refractivity contribution in [3.05, 3.63) is 34.6 Å². The quantitative estimate of drug-likeness (QED) is 0.868. The van der Waals surface area contributed by atoms with Crippen LogP contribution < -0.4 is 10.9 Å². The van der Waals surface area contributed by atoms with Gasteiger partial charge < -0.3 is 5.32 Å². The number of carbonyl (C=O) groups excluding carboxylic acids is 1. The summed E-state index contributed by atoms with van der Waals surface area (Å²) in [4.78, 5) is 25.8. The van der Waals surface area contributed by atoms with Crippen molar-refractivity contribution in [2.75, 3.05) is 19.6 Å².